The predicted molar refractivity (Wildman–Crippen MR) is 83.2 cm³/mol. The second-order valence-electron chi connectivity index (χ2n) is 5.45. The molecule has 3 atom stereocenters. The van der Waals surface area contributed by atoms with Crippen molar-refractivity contribution in [1.82, 2.24) is 9.97 Å². The number of rotatable bonds is 1. The number of fused-ring (bicyclic) bond motifs is 1. The Morgan fingerprint density at radius 1 is 1.21 bits per heavy atom. The van der Waals surface area contributed by atoms with E-state index in [2.05, 4.69) is 18.8 Å². The highest BCUT2D eigenvalue weighted by Crippen LogP contribution is 2.43. The van der Waals surface area contributed by atoms with Crippen LogP contribution in [0.2, 0.25) is 0 Å². The Morgan fingerprint density at radius 2 is 2.00 bits per heavy atom. The van der Waals surface area contributed by atoms with E-state index in [0.717, 1.165) is 42.1 Å². The van der Waals surface area contributed by atoms with Gasteiger partial charge in [-0.2, -0.15) is 11.8 Å². The number of aromatic amines is 1. The Morgan fingerprint density at radius 3 is 2.79 bits per heavy atom. The minimum absolute atomic E-state index is 0.108. The molecule has 0 aromatic carbocycles. The summed E-state index contributed by atoms with van der Waals surface area (Å²) in [7, 11) is 0. The topological polar surface area (TPSA) is 45.8 Å². The number of hydrogen-bond acceptors (Lipinski definition) is 4. The molecule has 3 nitrogen and oxygen atoms in total. The third-order valence-electron chi connectivity index (χ3n) is 4.07. The van der Waals surface area contributed by atoms with Crippen molar-refractivity contribution >= 4 is 23.5 Å². The van der Waals surface area contributed by atoms with Crippen LogP contribution in [0.25, 0.3) is 0 Å². The molecule has 1 aliphatic heterocycles. The maximum atomic E-state index is 12.2. The molecule has 1 aromatic heterocycles. The van der Waals surface area contributed by atoms with Crippen molar-refractivity contribution in [1.29, 1.82) is 0 Å². The Balaban J connectivity index is 1.89. The molecule has 0 saturated carbocycles. The van der Waals surface area contributed by atoms with Gasteiger partial charge in [-0.1, -0.05) is 13.8 Å². The summed E-state index contributed by atoms with van der Waals surface area (Å²) < 4.78 is 0. The van der Waals surface area contributed by atoms with Crippen LogP contribution in [-0.2, 0) is 12.8 Å². The lowest BCUT2D eigenvalue weighted by atomic mass is 9.97. The zero-order valence-electron chi connectivity index (χ0n) is 11.4. The molecular formula is C14H20N2OS2. The summed E-state index contributed by atoms with van der Waals surface area (Å²) in [5, 5.41) is 1.65. The maximum Gasteiger partial charge on any atom is 0.254 e. The maximum absolute atomic E-state index is 12.2. The molecule has 1 aromatic rings. The van der Waals surface area contributed by atoms with Crippen LogP contribution in [-0.4, -0.2) is 26.2 Å². The van der Waals surface area contributed by atoms with Crippen molar-refractivity contribution < 1.29 is 0 Å². The van der Waals surface area contributed by atoms with Crippen LogP contribution in [0, 0.1) is 0 Å². The molecule has 0 bridgehead atoms. The van der Waals surface area contributed by atoms with Crippen LogP contribution in [0.5, 0.6) is 0 Å². The number of aromatic nitrogens is 2. The number of nitrogens with zero attached hydrogens (tertiary/aromatic N) is 1. The first-order valence-corrected chi connectivity index (χ1v) is 9.03. The average molecular weight is 296 g/mol. The molecule has 1 N–H and O–H groups in total. The molecule has 1 aliphatic carbocycles. The van der Waals surface area contributed by atoms with E-state index in [1.165, 1.54) is 6.42 Å². The fraction of sp³-hybridized carbons (Fsp3) is 0.714. The number of hydrogen-bond donors (Lipinski definition) is 1. The van der Waals surface area contributed by atoms with E-state index in [9.17, 15) is 4.79 Å². The van der Waals surface area contributed by atoms with Gasteiger partial charge in [0.1, 0.15) is 5.82 Å². The van der Waals surface area contributed by atoms with Gasteiger partial charge < -0.3 is 4.98 Å². The zero-order valence-corrected chi connectivity index (χ0v) is 13.1. The van der Waals surface area contributed by atoms with Gasteiger partial charge in [0.05, 0.1) is 10.9 Å². The minimum Gasteiger partial charge on any atom is -0.309 e. The second-order valence-corrected chi connectivity index (χ2v) is 8.45. The first-order chi connectivity index (χ1) is 9.15. The molecule has 1 saturated heterocycles. The summed E-state index contributed by atoms with van der Waals surface area (Å²) in [6.45, 7) is 4.55. The van der Waals surface area contributed by atoms with Gasteiger partial charge in [-0.25, -0.2) is 4.98 Å². The van der Waals surface area contributed by atoms with E-state index in [4.69, 9.17) is 4.98 Å². The van der Waals surface area contributed by atoms with Crippen LogP contribution < -0.4 is 5.56 Å². The third-order valence-corrected chi connectivity index (χ3v) is 7.46. The summed E-state index contributed by atoms with van der Waals surface area (Å²) in [4.78, 5) is 20.0. The summed E-state index contributed by atoms with van der Waals surface area (Å²) in [5.41, 5.74) is 2.10. The van der Waals surface area contributed by atoms with Gasteiger partial charge >= 0.3 is 0 Å². The standard InChI is InChI=1S/C14H20N2OS2/c1-8-9(2)19-12(7-18-8)13-15-11-6-4-3-5-10(11)14(17)16-13/h8-9,12H,3-7H2,1-2H3,(H,15,16,17). The van der Waals surface area contributed by atoms with Crippen molar-refractivity contribution in [2.45, 2.75) is 55.3 Å². The number of nitrogens with one attached hydrogen (secondary N) is 1. The van der Waals surface area contributed by atoms with Gasteiger partial charge in [-0.3, -0.25) is 4.79 Å². The van der Waals surface area contributed by atoms with Gasteiger partial charge in [0.25, 0.3) is 5.56 Å². The molecule has 2 heterocycles. The van der Waals surface area contributed by atoms with Gasteiger partial charge in [0.2, 0.25) is 0 Å². The van der Waals surface area contributed by atoms with Crippen molar-refractivity contribution in [2.75, 3.05) is 5.75 Å². The van der Waals surface area contributed by atoms with Gasteiger partial charge in [-0.05, 0) is 25.7 Å². The van der Waals surface area contributed by atoms with E-state index in [0.29, 0.717) is 15.7 Å². The Bertz CT molecular complexity index is 529. The first kappa shape index (κ1) is 13.6. The molecule has 2 aliphatic rings. The normalized spacial score (nSPS) is 30.9. The van der Waals surface area contributed by atoms with Crippen molar-refractivity contribution in [2.24, 2.45) is 0 Å². The Kier molecular flexibility index (Phi) is 3.94. The smallest absolute Gasteiger partial charge is 0.254 e. The van der Waals surface area contributed by atoms with Gasteiger partial charge in [-0.15, -0.1) is 11.8 Å². The van der Waals surface area contributed by atoms with E-state index in [1.54, 1.807) is 0 Å². The molecule has 3 unspecified atom stereocenters. The molecule has 0 radical (unpaired) electrons. The third kappa shape index (κ3) is 2.72. The molecule has 0 spiro atoms. The molecule has 1 fully saturated rings. The summed E-state index contributed by atoms with van der Waals surface area (Å²) in [5.74, 6) is 1.96. The van der Waals surface area contributed by atoms with Crippen LogP contribution in [0.3, 0.4) is 0 Å². The minimum atomic E-state index is 0.108. The molecule has 0 amide bonds. The van der Waals surface area contributed by atoms with Crippen molar-refractivity contribution in [3.05, 3.63) is 27.4 Å². The first-order valence-electron chi connectivity index (χ1n) is 7.04. The summed E-state index contributed by atoms with van der Waals surface area (Å²) in [6.07, 6.45) is 4.17. The van der Waals surface area contributed by atoms with Crippen molar-refractivity contribution in [3.63, 3.8) is 0 Å². The lowest BCUT2D eigenvalue weighted by Crippen LogP contribution is -2.27. The van der Waals surface area contributed by atoms with E-state index >= 15 is 0 Å². The highest BCUT2D eigenvalue weighted by Gasteiger charge is 2.29. The number of aryl methyl sites for hydroxylation is 1. The summed E-state index contributed by atoms with van der Waals surface area (Å²) in [6, 6.07) is 0. The molecule has 19 heavy (non-hydrogen) atoms. The molecular weight excluding hydrogens is 276 g/mol. The monoisotopic (exact) mass is 296 g/mol. The van der Waals surface area contributed by atoms with Gasteiger partial charge in [0.15, 0.2) is 0 Å². The predicted octanol–water partition coefficient (Wildman–Crippen LogP) is 2.95. The molecule has 5 heteroatoms. The van der Waals surface area contributed by atoms with E-state index < -0.39 is 0 Å². The zero-order chi connectivity index (χ0) is 13.4. The molecule has 3 rings (SSSR count). The van der Waals surface area contributed by atoms with E-state index in [1.807, 2.05) is 23.5 Å². The largest absolute Gasteiger partial charge is 0.309 e. The van der Waals surface area contributed by atoms with Gasteiger partial charge in [0, 0.05) is 21.8 Å². The van der Waals surface area contributed by atoms with Crippen LogP contribution >= 0.6 is 23.5 Å². The lowest BCUT2D eigenvalue weighted by molar-refractivity contribution is 0.646. The SMILES string of the molecule is CC1SCC(c2nc3c(c(=O)[nH]2)CCCC3)SC1C. The second kappa shape index (κ2) is 5.52. The highest BCUT2D eigenvalue weighted by molar-refractivity contribution is 8.07. The molecule has 104 valence electrons. The summed E-state index contributed by atoms with van der Waals surface area (Å²) >= 11 is 3.94. The Hall–Kier alpha value is -0.420. The lowest BCUT2D eigenvalue weighted by Gasteiger charge is -2.31. The number of H-pyrrole nitrogens is 1. The highest BCUT2D eigenvalue weighted by atomic mass is 32.2. The van der Waals surface area contributed by atoms with Crippen LogP contribution in [0.15, 0.2) is 4.79 Å². The van der Waals surface area contributed by atoms with Crippen LogP contribution in [0.4, 0.5) is 0 Å². The fourth-order valence-corrected chi connectivity index (χ4v) is 5.57. The van der Waals surface area contributed by atoms with Crippen molar-refractivity contribution in [3.8, 4) is 0 Å². The Labute approximate surface area is 122 Å². The fourth-order valence-electron chi connectivity index (χ4n) is 2.70. The van der Waals surface area contributed by atoms with E-state index in [-0.39, 0.29) is 5.56 Å². The van der Waals surface area contributed by atoms with Crippen LogP contribution in [0.1, 0.15) is 49.0 Å². The quantitative estimate of drug-likeness (QED) is 0.865. The number of thioether (sulfide) groups is 2. The average Bonchev–Trinajstić information content (AvgIpc) is 2.42.